The minimum absolute atomic E-state index is 0.0458. The highest BCUT2D eigenvalue weighted by molar-refractivity contribution is 6.27. The second-order valence-electron chi connectivity index (χ2n) is 6.89. The van der Waals surface area contributed by atoms with Gasteiger partial charge in [-0.15, -0.1) is 0 Å². The van der Waals surface area contributed by atoms with Gasteiger partial charge in [0.05, 0.1) is 7.11 Å². The van der Waals surface area contributed by atoms with E-state index >= 15 is 0 Å². The van der Waals surface area contributed by atoms with E-state index in [1.165, 1.54) is 7.11 Å². The summed E-state index contributed by atoms with van der Waals surface area (Å²) in [5, 5.41) is 14.8. The van der Waals surface area contributed by atoms with Crippen molar-refractivity contribution in [2.24, 2.45) is 0 Å². The topological polar surface area (TPSA) is 124 Å². The molecule has 1 amide bonds. The Kier molecular flexibility index (Phi) is 9.97. The molecule has 1 aromatic rings. The van der Waals surface area contributed by atoms with Gasteiger partial charge in [0.25, 0.3) is 0 Å². The van der Waals surface area contributed by atoms with Crippen LogP contribution in [-0.2, 0) is 23.9 Å². The number of carbonyl (C=O) groups excluding carboxylic acids is 2. The largest absolute Gasteiger partial charge is 0.473 e. The number of carboxylic acids is 2. The summed E-state index contributed by atoms with van der Waals surface area (Å²) in [6.07, 6.45) is 2.63. The Morgan fingerprint density at radius 1 is 1.03 bits per heavy atom. The number of likely N-dealkylation sites (tertiary alicyclic amines) is 1. The third-order valence-corrected chi connectivity index (χ3v) is 4.97. The Balaban J connectivity index is 0.000000656. The number of rotatable bonds is 6. The monoisotopic (exact) mass is 422 g/mol. The van der Waals surface area contributed by atoms with Crippen molar-refractivity contribution in [3.63, 3.8) is 0 Å². The van der Waals surface area contributed by atoms with E-state index in [0.29, 0.717) is 19.3 Å². The Morgan fingerprint density at radius 2 is 1.57 bits per heavy atom. The normalized spacial score (nSPS) is 15.3. The van der Waals surface area contributed by atoms with E-state index < -0.39 is 17.5 Å². The van der Waals surface area contributed by atoms with Crippen molar-refractivity contribution in [2.75, 3.05) is 31.6 Å². The van der Waals surface area contributed by atoms with Crippen LogP contribution < -0.4 is 4.90 Å². The lowest BCUT2D eigenvalue weighted by Gasteiger charge is -2.46. The van der Waals surface area contributed by atoms with E-state index in [2.05, 4.69) is 11.8 Å². The van der Waals surface area contributed by atoms with Gasteiger partial charge >= 0.3 is 17.9 Å². The number of methoxy groups -OCH3 is 1. The van der Waals surface area contributed by atoms with Gasteiger partial charge in [-0.05, 0) is 37.9 Å². The van der Waals surface area contributed by atoms with Gasteiger partial charge in [-0.2, -0.15) is 0 Å². The van der Waals surface area contributed by atoms with E-state index in [9.17, 15) is 9.59 Å². The molecule has 30 heavy (non-hydrogen) atoms. The Hall–Kier alpha value is -2.94. The molecule has 9 nitrogen and oxygen atoms in total. The molecule has 0 aromatic heterocycles. The lowest BCUT2D eigenvalue weighted by Crippen LogP contribution is -2.62. The smallest absolute Gasteiger partial charge is 0.414 e. The lowest BCUT2D eigenvalue weighted by molar-refractivity contribution is -0.159. The maximum Gasteiger partial charge on any atom is 0.414 e. The molecule has 1 heterocycles. The first-order valence-electron chi connectivity index (χ1n) is 9.88. The Morgan fingerprint density at radius 3 is 1.97 bits per heavy atom. The second kappa shape index (κ2) is 11.9. The fourth-order valence-corrected chi connectivity index (χ4v) is 3.54. The number of ether oxygens (including phenoxy) is 1. The molecule has 1 aromatic carbocycles. The van der Waals surface area contributed by atoms with Crippen molar-refractivity contribution < 1.29 is 34.1 Å². The van der Waals surface area contributed by atoms with E-state index in [-0.39, 0.29) is 11.9 Å². The molecular weight excluding hydrogens is 392 g/mol. The van der Waals surface area contributed by atoms with Crippen LogP contribution in [0, 0.1) is 0 Å². The number of anilines is 1. The van der Waals surface area contributed by atoms with Gasteiger partial charge in [0.15, 0.2) is 0 Å². The summed E-state index contributed by atoms with van der Waals surface area (Å²) in [6.45, 7) is 6.59. The summed E-state index contributed by atoms with van der Waals surface area (Å²) in [6, 6.07) is 9.46. The number of nitrogens with zero attached hydrogens (tertiary/aromatic N) is 2. The summed E-state index contributed by atoms with van der Waals surface area (Å²) in [5.74, 6) is -4.01. The average Bonchev–Trinajstić information content (AvgIpc) is 2.75. The van der Waals surface area contributed by atoms with Crippen LogP contribution in [0.1, 0.15) is 39.5 Å². The molecule has 0 unspecified atom stereocenters. The predicted octanol–water partition coefficient (Wildman–Crippen LogP) is 2.00. The molecule has 0 spiro atoms. The minimum atomic E-state index is -1.82. The van der Waals surface area contributed by atoms with Gasteiger partial charge in [0.1, 0.15) is 5.54 Å². The van der Waals surface area contributed by atoms with Gasteiger partial charge in [0, 0.05) is 25.2 Å². The maximum absolute atomic E-state index is 12.8. The summed E-state index contributed by atoms with van der Waals surface area (Å²) in [5.41, 5.74) is -0.147. The summed E-state index contributed by atoms with van der Waals surface area (Å²) in [4.78, 5) is 47.7. The first-order chi connectivity index (χ1) is 14.2. The molecular formula is C21H30N2O7. The van der Waals surface area contributed by atoms with Crippen LogP contribution in [0.4, 0.5) is 5.69 Å². The highest BCUT2D eigenvalue weighted by atomic mass is 16.5. The van der Waals surface area contributed by atoms with Crippen LogP contribution in [0.25, 0.3) is 0 Å². The van der Waals surface area contributed by atoms with E-state index in [1.54, 1.807) is 4.90 Å². The molecule has 9 heteroatoms. The van der Waals surface area contributed by atoms with Crippen molar-refractivity contribution in [3.05, 3.63) is 30.3 Å². The predicted molar refractivity (Wildman–Crippen MR) is 110 cm³/mol. The second-order valence-corrected chi connectivity index (χ2v) is 6.89. The van der Waals surface area contributed by atoms with Gasteiger partial charge in [-0.25, -0.2) is 14.4 Å². The molecule has 2 rings (SSSR count). The van der Waals surface area contributed by atoms with Crippen LogP contribution in [0.5, 0.6) is 0 Å². The quantitative estimate of drug-likeness (QED) is 0.527. The molecule has 0 aliphatic carbocycles. The van der Waals surface area contributed by atoms with Crippen molar-refractivity contribution >= 4 is 29.5 Å². The van der Waals surface area contributed by atoms with E-state index in [0.717, 1.165) is 31.7 Å². The number of hydrogen-bond acceptors (Lipinski definition) is 6. The van der Waals surface area contributed by atoms with Gasteiger partial charge in [-0.1, -0.05) is 32.0 Å². The SMILES string of the molecule is CCCN1CCC(C(=O)OC)(N(C(=O)CC)c2ccccc2)CC1.O=C(O)C(=O)O. The van der Waals surface area contributed by atoms with Gasteiger partial charge in [0.2, 0.25) is 5.91 Å². The van der Waals surface area contributed by atoms with Gasteiger partial charge in [-0.3, -0.25) is 9.69 Å². The lowest BCUT2D eigenvalue weighted by atomic mass is 9.84. The van der Waals surface area contributed by atoms with Crippen LogP contribution in [0.2, 0.25) is 0 Å². The van der Waals surface area contributed by atoms with Crippen LogP contribution >= 0.6 is 0 Å². The third kappa shape index (κ3) is 6.28. The molecule has 2 N–H and O–H groups in total. The number of para-hydroxylation sites is 1. The number of piperidine rings is 1. The summed E-state index contributed by atoms with van der Waals surface area (Å²) in [7, 11) is 1.40. The van der Waals surface area contributed by atoms with Crippen molar-refractivity contribution in [2.45, 2.75) is 45.1 Å². The molecule has 1 aliphatic heterocycles. The zero-order valence-electron chi connectivity index (χ0n) is 17.7. The Labute approximate surface area is 176 Å². The van der Waals surface area contributed by atoms with Crippen molar-refractivity contribution in [1.29, 1.82) is 0 Å². The van der Waals surface area contributed by atoms with Crippen LogP contribution in [-0.4, -0.2) is 71.2 Å². The molecule has 0 saturated carbocycles. The first kappa shape index (κ1) is 25.1. The first-order valence-corrected chi connectivity index (χ1v) is 9.88. The van der Waals surface area contributed by atoms with E-state index in [1.807, 2.05) is 37.3 Å². The number of benzene rings is 1. The van der Waals surface area contributed by atoms with Crippen molar-refractivity contribution in [1.82, 2.24) is 4.90 Å². The summed E-state index contributed by atoms with van der Waals surface area (Å²) >= 11 is 0. The number of aliphatic carboxylic acids is 2. The van der Waals surface area contributed by atoms with Gasteiger partial charge < -0.3 is 19.8 Å². The molecule has 0 bridgehead atoms. The fraction of sp³-hybridized carbons (Fsp3) is 0.524. The number of carbonyl (C=O) groups is 4. The maximum atomic E-state index is 12.8. The standard InChI is InChI=1S/C19H28N2O3.C2H2O4/c1-4-13-20-14-11-19(12-15-20,18(23)24-3)21(17(22)5-2)16-9-7-6-8-10-16;3-1(4)2(5)6/h6-10H,4-5,11-15H2,1-3H3;(H,3,4)(H,5,6). The molecule has 1 saturated heterocycles. The molecule has 1 fully saturated rings. The zero-order chi connectivity index (χ0) is 22.7. The summed E-state index contributed by atoms with van der Waals surface area (Å²) < 4.78 is 5.13. The molecule has 1 aliphatic rings. The van der Waals surface area contributed by atoms with Crippen molar-refractivity contribution in [3.8, 4) is 0 Å². The number of esters is 1. The fourth-order valence-electron chi connectivity index (χ4n) is 3.54. The zero-order valence-corrected chi connectivity index (χ0v) is 17.7. The molecule has 0 atom stereocenters. The van der Waals surface area contributed by atoms with E-state index in [4.69, 9.17) is 24.5 Å². The third-order valence-electron chi connectivity index (χ3n) is 4.97. The Bertz CT molecular complexity index is 716. The van der Waals surface area contributed by atoms with Crippen LogP contribution in [0.15, 0.2) is 30.3 Å². The van der Waals surface area contributed by atoms with Crippen LogP contribution in [0.3, 0.4) is 0 Å². The molecule has 0 radical (unpaired) electrons. The highest BCUT2D eigenvalue weighted by Crippen LogP contribution is 2.35. The minimum Gasteiger partial charge on any atom is -0.473 e. The number of carboxylic acid groups (broad SMARTS) is 2. The average molecular weight is 422 g/mol. The number of hydrogen-bond donors (Lipinski definition) is 2. The number of amides is 1. The molecule has 166 valence electrons. The highest BCUT2D eigenvalue weighted by Gasteiger charge is 2.49.